The first kappa shape index (κ1) is 20.1. The summed E-state index contributed by atoms with van der Waals surface area (Å²) >= 11 is 1.74. The topological polar surface area (TPSA) is 46.9 Å². The third kappa shape index (κ3) is 6.17. The molecule has 1 saturated heterocycles. The molecule has 4 nitrogen and oxygen atoms in total. The van der Waals surface area contributed by atoms with Crippen LogP contribution in [0.4, 0.5) is 0 Å². The maximum atomic E-state index is 9.49. The molecule has 1 aromatic carbocycles. The van der Waals surface area contributed by atoms with Gasteiger partial charge in [-0.05, 0) is 46.5 Å². The Hall–Kier alpha value is -1.68. The van der Waals surface area contributed by atoms with Crippen molar-refractivity contribution in [2.75, 3.05) is 32.8 Å². The minimum Gasteiger partial charge on any atom is -0.396 e. The fourth-order valence-electron chi connectivity index (χ4n) is 3.52. The summed E-state index contributed by atoms with van der Waals surface area (Å²) in [5, 5.41) is 22.6. The number of nitrogens with zero attached hydrogens (tertiary/aromatic N) is 2. The molecular weight excluding hydrogens is 356 g/mol. The summed E-state index contributed by atoms with van der Waals surface area (Å²) in [5.74, 6) is 6.03. The number of thiophene rings is 1. The third-order valence-electron chi connectivity index (χ3n) is 4.95. The first-order valence-corrected chi connectivity index (χ1v) is 10.5. The van der Waals surface area contributed by atoms with E-state index in [0.717, 1.165) is 44.7 Å². The average Bonchev–Trinajstić information content (AvgIpc) is 3.19. The third-order valence-corrected chi connectivity index (χ3v) is 5.68. The highest BCUT2D eigenvalue weighted by Gasteiger charge is 2.26. The van der Waals surface area contributed by atoms with E-state index in [1.165, 1.54) is 11.1 Å². The maximum Gasteiger partial charge on any atom is 0.0540 e. The normalized spacial score (nSPS) is 18.2. The predicted octanol–water partition coefficient (Wildman–Crippen LogP) is 2.55. The van der Waals surface area contributed by atoms with Crippen molar-refractivity contribution in [2.24, 2.45) is 0 Å². The number of benzene rings is 1. The van der Waals surface area contributed by atoms with Crippen molar-refractivity contribution in [1.29, 1.82) is 0 Å². The molecule has 0 radical (unpaired) electrons. The molecule has 0 aliphatic carbocycles. The van der Waals surface area contributed by atoms with Crippen LogP contribution in [0, 0.1) is 11.8 Å². The molecule has 2 heterocycles. The number of rotatable bonds is 7. The molecule has 27 heavy (non-hydrogen) atoms. The van der Waals surface area contributed by atoms with Crippen molar-refractivity contribution in [3.8, 4) is 11.8 Å². The zero-order valence-corrected chi connectivity index (χ0v) is 16.5. The van der Waals surface area contributed by atoms with Crippen LogP contribution in [0.5, 0.6) is 0 Å². The minimum atomic E-state index is 0.110. The Morgan fingerprint density at radius 3 is 2.56 bits per heavy atom. The highest BCUT2D eigenvalue weighted by molar-refractivity contribution is 7.07. The smallest absolute Gasteiger partial charge is 0.0540 e. The van der Waals surface area contributed by atoms with Crippen LogP contribution in [0.3, 0.4) is 0 Å². The van der Waals surface area contributed by atoms with E-state index in [9.17, 15) is 5.11 Å². The zero-order valence-electron chi connectivity index (χ0n) is 15.7. The van der Waals surface area contributed by atoms with E-state index < -0.39 is 0 Å². The molecule has 1 aliphatic heterocycles. The predicted molar refractivity (Wildman–Crippen MR) is 111 cm³/mol. The van der Waals surface area contributed by atoms with Crippen molar-refractivity contribution >= 4 is 11.3 Å². The van der Waals surface area contributed by atoms with Crippen LogP contribution in [-0.2, 0) is 13.1 Å². The summed E-state index contributed by atoms with van der Waals surface area (Å²) in [6.45, 7) is 5.32. The summed E-state index contributed by atoms with van der Waals surface area (Å²) in [5.41, 5.74) is 3.65. The molecule has 0 amide bonds. The number of aliphatic hydroxyl groups excluding tert-OH is 2. The van der Waals surface area contributed by atoms with Crippen LogP contribution < -0.4 is 0 Å². The monoisotopic (exact) mass is 384 g/mol. The van der Waals surface area contributed by atoms with Gasteiger partial charge >= 0.3 is 0 Å². The van der Waals surface area contributed by atoms with Gasteiger partial charge in [0.25, 0.3) is 0 Å². The Morgan fingerprint density at radius 2 is 1.85 bits per heavy atom. The molecule has 1 fully saturated rings. The van der Waals surface area contributed by atoms with Gasteiger partial charge in [0, 0.05) is 57.4 Å². The number of hydrogen-bond donors (Lipinski definition) is 2. The Bertz CT molecular complexity index is 734. The molecule has 144 valence electrons. The van der Waals surface area contributed by atoms with E-state index in [-0.39, 0.29) is 13.2 Å². The van der Waals surface area contributed by atoms with E-state index in [0.29, 0.717) is 12.5 Å². The van der Waals surface area contributed by atoms with Gasteiger partial charge in [-0.25, -0.2) is 0 Å². The average molecular weight is 385 g/mol. The lowest BCUT2D eigenvalue weighted by Gasteiger charge is -2.41. The van der Waals surface area contributed by atoms with Crippen LogP contribution in [0.1, 0.15) is 29.5 Å². The van der Waals surface area contributed by atoms with E-state index in [2.05, 4.69) is 62.7 Å². The van der Waals surface area contributed by atoms with E-state index in [4.69, 9.17) is 5.11 Å². The van der Waals surface area contributed by atoms with Gasteiger partial charge in [-0.15, -0.1) is 0 Å². The van der Waals surface area contributed by atoms with Gasteiger partial charge in [0.1, 0.15) is 0 Å². The summed E-state index contributed by atoms with van der Waals surface area (Å²) < 4.78 is 0. The van der Waals surface area contributed by atoms with Crippen molar-refractivity contribution in [1.82, 2.24) is 9.80 Å². The van der Waals surface area contributed by atoms with Crippen LogP contribution in [0.25, 0.3) is 0 Å². The van der Waals surface area contributed by atoms with Crippen molar-refractivity contribution in [2.45, 2.75) is 32.0 Å². The molecule has 2 N–H and O–H groups in total. The van der Waals surface area contributed by atoms with Crippen LogP contribution >= 0.6 is 11.3 Å². The van der Waals surface area contributed by atoms with Gasteiger partial charge in [-0.1, -0.05) is 24.0 Å². The second kappa shape index (κ2) is 10.6. The molecule has 0 unspecified atom stereocenters. The molecule has 0 saturated carbocycles. The molecule has 1 aromatic heterocycles. The van der Waals surface area contributed by atoms with E-state index in [1.807, 2.05) is 0 Å². The van der Waals surface area contributed by atoms with Crippen LogP contribution in [0.2, 0.25) is 0 Å². The molecular formula is C22H28N2O2S. The van der Waals surface area contributed by atoms with Crippen molar-refractivity contribution in [3.63, 3.8) is 0 Å². The Balaban J connectivity index is 1.56. The highest BCUT2D eigenvalue weighted by atomic mass is 32.1. The molecule has 0 spiro atoms. The number of piperazine rings is 1. The second-order valence-corrected chi connectivity index (χ2v) is 7.76. The zero-order chi connectivity index (χ0) is 18.9. The Labute approximate surface area is 166 Å². The van der Waals surface area contributed by atoms with Crippen molar-refractivity contribution < 1.29 is 10.2 Å². The van der Waals surface area contributed by atoms with Gasteiger partial charge in [-0.2, -0.15) is 11.3 Å². The quantitative estimate of drug-likeness (QED) is 0.721. The standard InChI is InChI=1S/C22H28N2O2S/c25-12-2-1-3-19-4-6-20(7-5-19)15-23-10-11-24(22(17-23)8-13-26)16-21-9-14-27-18-21/h4-7,9,14,18,22,25-26H,2,8,10-13,15-17H2/t22-/m1/s1. The van der Waals surface area contributed by atoms with Crippen LogP contribution in [-0.4, -0.2) is 58.9 Å². The van der Waals surface area contributed by atoms with Gasteiger partial charge in [0.15, 0.2) is 0 Å². The molecule has 1 atom stereocenters. The Morgan fingerprint density at radius 1 is 1.00 bits per heavy atom. The van der Waals surface area contributed by atoms with Crippen LogP contribution in [0.15, 0.2) is 41.1 Å². The fraction of sp³-hybridized carbons (Fsp3) is 0.455. The first-order chi connectivity index (χ1) is 13.3. The second-order valence-electron chi connectivity index (χ2n) is 6.98. The minimum absolute atomic E-state index is 0.110. The van der Waals surface area contributed by atoms with Gasteiger partial charge < -0.3 is 10.2 Å². The summed E-state index contributed by atoms with van der Waals surface area (Å²) in [4.78, 5) is 4.99. The highest BCUT2D eigenvalue weighted by Crippen LogP contribution is 2.19. The van der Waals surface area contributed by atoms with Gasteiger partial charge in [0.2, 0.25) is 0 Å². The maximum absolute atomic E-state index is 9.49. The molecule has 1 aliphatic rings. The fourth-order valence-corrected chi connectivity index (χ4v) is 4.18. The summed E-state index contributed by atoms with van der Waals surface area (Å²) in [7, 11) is 0. The van der Waals surface area contributed by atoms with Crippen molar-refractivity contribution in [3.05, 3.63) is 57.8 Å². The largest absolute Gasteiger partial charge is 0.396 e. The lowest BCUT2D eigenvalue weighted by Crippen LogP contribution is -2.52. The van der Waals surface area contributed by atoms with Gasteiger partial charge in [-0.3, -0.25) is 9.80 Å². The summed E-state index contributed by atoms with van der Waals surface area (Å²) in [6, 6.07) is 11.0. The van der Waals surface area contributed by atoms with E-state index >= 15 is 0 Å². The first-order valence-electron chi connectivity index (χ1n) is 9.55. The number of aliphatic hydroxyl groups is 2. The number of hydrogen-bond acceptors (Lipinski definition) is 5. The van der Waals surface area contributed by atoms with E-state index in [1.54, 1.807) is 11.3 Å². The van der Waals surface area contributed by atoms with Gasteiger partial charge in [0.05, 0.1) is 6.61 Å². The molecule has 0 bridgehead atoms. The molecule has 5 heteroatoms. The molecule has 2 aromatic rings. The Kier molecular flexibility index (Phi) is 7.88. The lowest BCUT2D eigenvalue weighted by molar-refractivity contribution is 0.0500. The lowest BCUT2D eigenvalue weighted by atomic mass is 10.1. The molecule has 3 rings (SSSR count). The SMILES string of the molecule is OCCC#Cc1ccc(CN2CCN(Cc3ccsc3)[C@H](CCO)C2)cc1. The summed E-state index contributed by atoms with van der Waals surface area (Å²) in [6.07, 6.45) is 1.34.